The van der Waals surface area contributed by atoms with Crippen molar-refractivity contribution in [2.45, 2.75) is 84.2 Å². The zero-order valence-electron chi connectivity index (χ0n) is 25.0. The SMILES string of the molecule is CCn1cc(-c2ccc(C[C@@H](CNC(=O)CC3CCN3)NC(=O)c3ccc(OC(C)C)c(Cl)c3)cc2)nc1C(C)(C)O. The van der Waals surface area contributed by atoms with Crippen LogP contribution in [0.1, 0.15) is 69.2 Å². The van der Waals surface area contributed by atoms with E-state index in [2.05, 4.69) is 20.9 Å². The lowest BCUT2D eigenvalue weighted by molar-refractivity contribution is -0.122. The number of hydrogen-bond acceptors (Lipinski definition) is 6. The van der Waals surface area contributed by atoms with E-state index in [-0.39, 0.29) is 36.5 Å². The highest BCUT2D eigenvalue weighted by Crippen LogP contribution is 2.27. The summed E-state index contributed by atoms with van der Waals surface area (Å²) in [5.41, 5.74) is 2.07. The molecule has 4 N–H and O–H groups in total. The lowest BCUT2D eigenvalue weighted by Gasteiger charge is -2.27. The molecule has 2 heterocycles. The molecule has 1 saturated heterocycles. The number of aliphatic hydroxyl groups is 1. The van der Waals surface area contributed by atoms with Crippen molar-refractivity contribution in [3.05, 3.63) is 70.6 Å². The number of amides is 2. The Morgan fingerprint density at radius 1 is 1.21 bits per heavy atom. The summed E-state index contributed by atoms with van der Waals surface area (Å²) in [6.07, 6.45) is 3.82. The van der Waals surface area contributed by atoms with Gasteiger partial charge in [-0.2, -0.15) is 0 Å². The van der Waals surface area contributed by atoms with Crippen LogP contribution in [-0.2, 0) is 23.4 Å². The minimum absolute atomic E-state index is 0.0392. The molecule has 1 unspecified atom stereocenters. The molecule has 2 atom stereocenters. The van der Waals surface area contributed by atoms with E-state index in [0.29, 0.717) is 41.5 Å². The Labute approximate surface area is 253 Å². The van der Waals surface area contributed by atoms with E-state index < -0.39 is 5.60 Å². The topological polar surface area (TPSA) is 118 Å². The molecule has 1 aliphatic rings. The maximum Gasteiger partial charge on any atom is 0.251 e. The molecule has 4 rings (SSSR count). The van der Waals surface area contributed by atoms with Crippen LogP contribution in [0.25, 0.3) is 11.3 Å². The highest BCUT2D eigenvalue weighted by Gasteiger charge is 2.24. The van der Waals surface area contributed by atoms with Crippen LogP contribution < -0.4 is 20.7 Å². The smallest absolute Gasteiger partial charge is 0.251 e. The van der Waals surface area contributed by atoms with Crippen LogP contribution in [0.3, 0.4) is 0 Å². The molecule has 1 fully saturated rings. The molecule has 2 aromatic carbocycles. The molecule has 42 heavy (non-hydrogen) atoms. The third-order valence-electron chi connectivity index (χ3n) is 7.19. The van der Waals surface area contributed by atoms with Crippen LogP contribution in [0.15, 0.2) is 48.7 Å². The highest BCUT2D eigenvalue weighted by molar-refractivity contribution is 6.32. The first-order chi connectivity index (χ1) is 19.9. The van der Waals surface area contributed by atoms with Gasteiger partial charge in [0.2, 0.25) is 5.91 Å². The second-order valence-corrected chi connectivity index (χ2v) is 12.0. The van der Waals surface area contributed by atoms with E-state index in [1.54, 1.807) is 32.0 Å². The molecule has 2 amide bonds. The lowest BCUT2D eigenvalue weighted by atomic mass is 10.0. The summed E-state index contributed by atoms with van der Waals surface area (Å²) in [6.45, 7) is 11.2. The summed E-state index contributed by atoms with van der Waals surface area (Å²) in [5.74, 6) is 0.807. The summed E-state index contributed by atoms with van der Waals surface area (Å²) in [4.78, 5) is 30.4. The van der Waals surface area contributed by atoms with Crippen LogP contribution in [0.4, 0.5) is 0 Å². The molecule has 3 aromatic rings. The molecular formula is C32H42ClN5O4. The standard InChI is InChI=1S/C32H42ClN5O4/c1-6-38-19-27(37-31(38)32(4,5)41)22-9-7-21(8-10-22)15-25(18-35-29(39)17-24-13-14-34-24)36-30(40)23-11-12-28(26(33)16-23)42-20(2)3/h7-12,16,19-20,24-25,34,41H,6,13-15,17-18H2,1-5H3,(H,35,39)(H,36,40)/t24?,25-/m0/s1. The Morgan fingerprint density at radius 3 is 2.48 bits per heavy atom. The summed E-state index contributed by atoms with van der Waals surface area (Å²) in [5, 5.41) is 20.2. The van der Waals surface area contributed by atoms with E-state index in [0.717, 1.165) is 29.8 Å². The van der Waals surface area contributed by atoms with Crippen molar-refractivity contribution in [1.82, 2.24) is 25.5 Å². The summed E-state index contributed by atoms with van der Waals surface area (Å²) >= 11 is 6.38. The first-order valence-corrected chi connectivity index (χ1v) is 15.0. The molecule has 1 aromatic heterocycles. The van der Waals surface area contributed by atoms with Gasteiger partial charge >= 0.3 is 0 Å². The lowest BCUT2D eigenvalue weighted by Crippen LogP contribution is -2.48. The first kappa shape index (κ1) is 31.5. The highest BCUT2D eigenvalue weighted by atomic mass is 35.5. The molecule has 9 nitrogen and oxygen atoms in total. The Bertz CT molecular complexity index is 1380. The third kappa shape index (κ3) is 8.33. The number of benzene rings is 2. The summed E-state index contributed by atoms with van der Waals surface area (Å²) in [6, 6.07) is 12.8. The number of nitrogens with zero attached hydrogens (tertiary/aromatic N) is 2. The predicted molar refractivity (Wildman–Crippen MR) is 165 cm³/mol. The predicted octanol–water partition coefficient (Wildman–Crippen LogP) is 4.45. The Hall–Kier alpha value is -3.40. The quantitative estimate of drug-likeness (QED) is 0.232. The van der Waals surface area contributed by atoms with E-state index in [1.807, 2.05) is 55.8 Å². The van der Waals surface area contributed by atoms with Crippen molar-refractivity contribution >= 4 is 23.4 Å². The van der Waals surface area contributed by atoms with Crippen molar-refractivity contribution in [2.24, 2.45) is 0 Å². The fourth-order valence-corrected chi connectivity index (χ4v) is 5.10. The van der Waals surface area contributed by atoms with Crippen LogP contribution in [-0.4, -0.2) is 57.7 Å². The number of rotatable bonds is 13. The Kier molecular flexibility index (Phi) is 10.3. The fraction of sp³-hybridized carbons (Fsp3) is 0.469. The maximum atomic E-state index is 13.2. The first-order valence-electron chi connectivity index (χ1n) is 14.6. The van der Waals surface area contributed by atoms with E-state index in [4.69, 9.17) is 16.3 Å². The van der Waals surface area contributed by atoms with Gasteiger partial charge in [0.1, 0.15) is 17.2 Å². The van der Waals surface area contributed by atoms with Crippen LogP contribution >= 0.6 is 11.6 Å². The van der Waals surface area contributed by atoms with Crippen LogP contribution in [0, 0.1) is 0 Å². The molecule has 0 spiro atoms. The van der Waals surface area contributed by atoms with Gasteiger partial charge in [0.25, 0.3) is 5.91 Å². The zero-order valence-corrected chi connectivity index (χ0v) is 25.8. The number of hydrogen-bond donors (Lipinski definition) is 4. The number of nitrogens with one attached hydrogen (secondary N) is 3. The van der Waals surface area contributed by atoms with Crippen LogP contribution in [0.2, 0.25) is 5.02 Å². The van der Waals surface area contributed by atoms with Gasteiger partial charge in [0.05, 0.1) is 22.9 Å². The minimum atomic E-state index is -1.05. The largest absolute Gasteiger partial charge is 0.489 e. The van der Waals surface area contributed by atoms with Gasteiger partial charge in [-0.3, -0.25) is 9.59 Å². The molecule has 0 bridgehead atoms. The number of ether oxygens (including phenoxy) is 1. The van der Waals surface area contributed by atoms with Gasteiger partial charge in [-0.05, 0) is 77.8 Å². The van der Waals surface area contributed by atoms with Crippen LogP contribution in [0.5, 0.6) is 5.75 Å². The fourth-order valence-electron chi connectivity index (χ4n) is 4.87. The van der Waals surface area contributed by atoms with Gasteiger partial charge in [-0.1, -0.05) is 35.9 Å². The van der Waals surface area contributed by atoms with Crippen molar-refractivity contribution in [1.29, 1.82) is 0 Å². The average molecular weight is 596 g/mol. The van der Waals surface area contributed by atoms with Gasteiger partial charge in [-0.15, -0.1) is 0 Å². The van der Waals surface area contributed by atoms with E-state index >= 15 is 0 Å². The number of imidazole rings is 1. The second kappa shape index (κ2) is 13.7. The molecule has 10 heteroatoms. The van der Waals surface area contributed by atoms with Crippen molar-refractivity contribution in [2.75, 3.05) is 13.1 Å². The number of halogens is 1. The average Bonchev–Trinajstić information content (AvgIpc) is 3.36. The second-order valence-electron chi connectivity index (χ2n) is 11.6. The normalized spacial score (nSPS) is 15.7. The third-order valence-corrected chi connectivity index (χ3v) is 7.49. The number of carbonyl (C=O) groups is 2. The summed E-state index contributed by atoms with van der Waals surface area (Å²) in [7, 11) is 0. The molecule has 0 saturated carbocycles. The van der Waals surface area contributed by atoms with E-state index in [1.165, 1.54) is 0 Å². The van der Waals surface area contributed by atoms with Gasteiger partial charge < -0.3 is 30.4 Å². The van der Waals surface area contributed by atoms with E-state index in [9.17, 15) is 14.7 Å². The van der Waals surface area contributed by atoms with Crippen molar-refractivity contribution in [3.8, 4) is 17.0 Å². The molecule has 0 radical (unpaired) electrons. The minimum Gasteiger partial charge on any atom is -0.489 e. The monoisotopic (exact) mass is 595 g/mol. The van der Waals surface area contributed by atoms with Gasteiger partial charge in [-0.25, -0.2) is 4.98 Å². The summed E-state index contributed by atoms with van der Waals surface area (Å²) < 4.78 is 7.64. The van der Waals surface area contributed by atoms with Gasteiger partial charge in [0.15, 0.2) is 0 Å². The number of aromatic nitrogens is 2. The Morgan fingerprint density at radius 2 is 1.93 bits per heavy atom. The maximum absolute atomic E-state index is 13.2. The van der Waals surface area contributed by atoms with Gasteiger partial charge in [0, 0.05) is 42.9 Å². The Balaban J connectivity index is 1.48. The van der Waals surface area contributed by atoms with Crippen molar-refractivity contribution in [3.63, 3.8) is 0 Å². The number of carbonyl (C=O) groups excluding carboxylic acids is 2. The molecule has 1 aliphatic heterocycles. The number of aryl methyl sites for hydroxylation is 1. The van der Waals surface area contributed by atoms with Crippen molar-refractivity contribution < 1.29 is 19.4 Å². The molecule has 226 valence electrons. The zero-order chi connectivity index (χ0) is 30.4. The molecule has 0 aliphatic carbocycles. The molecular weight excluding hydrogens is 554 g/mol.